The molecular weight excluding hydrogens is 396 g/mol. The summed E-state index contributed by atoms with van der Waals surface area (Å²) in [4.78, 5) is 0. The standard InChI is InChI=1S/C27H44O3.C2H6/c1-16(15-28)5-8-23-17(2)25-24(30-23)14-22-20-7-6-18-13-19(29)9-11-26(18,3)21(20)10-12-27(22,25)4;1-2/h6,16-17,19-25,28-29H,5,7-15H2,1-4H3;1-2H3/t16-,17-,19?,20?,21?,22?,23?,24?,25?,26?,27?;/m1./s1. The van der Waals surface area contributed by atoms with Crippen LogP contribution in [0.15, 0.2) is 11.6 Å². The molecule has 3 saturated carbocycles. The zero-order valence-corrected chi connectivity index (χ0v) is 21.6. The second kappa shape index (κ2) is 9.34. The molecule has 0 aromatic rings. The van der Waals surface area contributed by atoms with E-state index in [2.05, 4.69) is 33.8 Å². The van der Waals surface area contributed by atoms with E-state index in [1.54, 1.807) is 5.57 Å². The van der Waals surface area contributed by atoms with Crippen molar-refractivity contribution in [3.8, 4) is 0 Å². The molecule has 4 aliphatic carbocycles. The SMILES string of the molecule is CC.C[C@@H](CO)CCC1OC2CC3C4CC=C5CC(O)CCC5(C)C4CCC3(C)C2[C@@H]1C. The van der Waals surface area contributed by atoms with Crippen LogP contribution < -0.4 is 0 Å². The number of aliphatic hydroxyl groups is 2. The lowest BCUT2D eigenvalue weighted by Crippen LogP contribution is -2.51. The van der Waals surface area contributed by atoms with Crippen molar-refractivity contribution in [2.24, 2.45) is 46.3 Å². The van der Waals surface area contributed by atoms with Crippen LogP contribution in [0.25, 0.3) is 0 Å². The second-order valence-corrected chi connectivity index (χ2v) is 12.4. The molecule has 5 aliphatic rings. The Morgan fingerprint density at radius 2 is 1.91 bits per heavy atom. The smallest absolute Gasteiger partial charge is 0.0618 e. The van der Waals surface area contributed by atoms with Gasteiger partial charge in [0.25, 0.3) is 0 Å². The summed E-state index contributed by atoms with van der Waals surface area (Å²) in [6, 6.07) is 0. The topological polar surface area (TPSA) is 49.7 Å². The Kier molecular flexibility index (Phi) is 7.22. The number of hydrogen-bond donors (Lipinski definition) is 2. The highest BCUT2D eigenvalue weighted by Gasteiger charge is 2.64. The summed E-state index contributed by atoms with van der Waals surface area (Å²) in [6.07, 6.45) is 13.8. The van der Waals surface area contributed by atoms with E-state index in [0.717, 1.165) is 43.4 Å². The molecule has 0 amide bonds. The molecule has 11 atom stereocenters. The molecule has 9 unspecified atom stereocenters. The molecule has 0 spiro atoms. The van der Waals surface area contributed by atoms with E-state index in [0.29, 0.717) is 47.4 Å². The summed E-state index contributed by atoms with van der Waals surface area (Å²) >= 11 is 0. The maximum atomic E-state index is 10.2. The first-order valence-electron chi connectivity index (χ1n) is 13.9. The summed E-state index contributed by atoms with van der Waals surface area (Å²) in [6.45, 7) is 14.0. The van der Waals surface area contributed by atoms with Crippen molar-refractivity contribution in [1.82, 2.24) is 0 Å². The van der Waals surface area contributed by atoms with E-state index in [1.165, 1.54) is 32.1 Å². The number of rotatable bonds is 4. The number of allylic oxidation sites excluding steroid dienone is 1. The maximum absolute atomic E-state index is 10.2. The highest BCUT2D eigenvalue weighted by atomic mass is 16.5. The van der Waals surface area contributed by atoms with Gasteiger partial charge in [0, 0.05) is 6.61 Å². The van der Waals surface area contributed by atoms with Gasteiger partial charge in [0.1, 0.15) is 0 Å². The average Bonchev–Trinajstić information content (AvgIpc) is 3.27. The molecule has 0 aromatic heterocycles. The van der Waals surface area contributed by atoms with Gasteiger partial charge in [0.15, 0.2) is 0 Å². The van der Waals surface area contributed by atoms with Gasteiger partial charge in [-0.1, -0.05) is 53.2 Å². The molecule has 0 radical (unpaired) electrons. The van der Waals surface area contributed by atoms with Crippen LogP contribution in [0.5, 0.6) is 0 Å². The molecule has 1 heterocycles. The molecule has 184 valence electrons. The first-order chi connectivity index (χ1) is 15.3. The molecule has 0 bridgehead atoms. The van der Waals surface area contributed by atoms with Crippen LogP contribution in [0, 0.1) is 46.3 Å². The zero-order valence-electron chi connectivity index (χ0n) is 21.6. The zero-order chi connectivity index (χ0) is 23.3. The second-order valence-electron chi connectivity index (χ2n) is 12.4. The Morgan fingerprint density at radius 3 is 2.62 bits per heavy atom. The third kappa shape index (κ3) is 3.83. The quantitative estimate of drug-likeness (QED) is 0.493. The van der Waals surface area contributed by atoms with E-state index in [-0.39, 0.29) is 6.10 Å². The monoisotopic (exact) mass is 446 g/mol. The lowest BCUT2D eigenvalue weighted by Gasteiger charge is -2.58. The maximum Gasteiger partial charge on any atom is 0.0618 e. The van der Waals surface area contributed by atoms with Crippen LogP contribution in [0.4, 0.5) is 0 Å². The molecular formula is C29H50O3. The first kappa shape index (κ1) is 24.7. The van der Waals surface area contributed by atoms with Gasteiger partial charge in [0.05, 0.1) is 18.3 Å². The fraction of sp³-hybridized carbons (Fsp3) is 0.931. The normalized spacial score (nSPS) is 50.2. The molecule has 1 aliphatic heterocycles. The van der Waals surface area contributed by atoms with Crippen molar-refractivity contribution in [1.29, 1.82) is 0 Å². The summed E-state index contributed by atoms with van der Waals surface area (Å²) in [5.74, 6) is 4.15. The van der Waals surface area contributed by atoms with Crippen molar-refractivity contribution in [2.45, 2.75) is 118 Å². The molecule has 4 fully saturated rings. The third-order valence-corrected chi connectivity index (χ3v) is 10.9. The highest BCUT2D eigenvalue weighted by molar-refractivity contribution is 5.26. The van der Waals surface area contributed by atoms with Gasteiger partial charge in [-0.3, -0.25) is 0 Å². The first-order valence-corrected chi connectivity index (χ1v) is 13.9. The van der Waals surface area contributed by atoms with Crippen LogP contribution in [0.1, 0.15) is 99.3 Å². The van der Waals surface area contributed by atoms with Gasteiger partial charge < -0.3 is 14.9 Å². The van der Waals surface area contributed by atoms with Crippen molar-refractivity contribution in [3.63, 3.8) is 0 Å². The molecule has 3 nitrogen and oxygen atoms in total. The van der Waals surface area contributed by atoms with Gasteiger partial charge in [-0.15, -0.1) is 0 Å². The molecule has 2 N–H and O–H groups in total. The van der Waals surface area contributed by atoms with Crippen LogP contribution in [0.3, 0.4) is 0 Å². The molecule has 0 aromatic carbocycles. The predicted octanol–water partition coefficient (Wildman–Crippen LogP) is 6.37. The lowest BCUT2D eigenvalue weighted by atomic mass is 9.47. The third-order valence-electron chi connectivity index (χ3n) is 10.9. The average molecular weight is 447 g/mol. The molecule has 5 rings (SSSR count). The van der Waals surface area contributed by atoms with Crippen molar-refractivity contribution in [2.75, 3.05) is 6.61 Å². The summed E-state index contributed by atoms with van der Waals surface area (Å²) in [5, 5.41) is 19.6. The number of fused-ring (bicyclic) bond motifs is 7. The molecule has 1 saturated heterocycles. The summed E-state index contributed by atoms with van der Waals surface area (Å²) < 4.78 is 6.75. The fourth-order valence-electron chi connectivity index (χ4n) is 9.20. The minimum absolute atomic E-state index is 0.111. The summed E-state index contributed by atoms with van der Waals surface area (Å²) in [5.41, 5.74) is 2.33. The number of aliphatic hydroxyl groups excluding tert-OH is 2. The molecule has 32 heavy (non-hydrogen) atoms. The Labute approximate surface area is 197 Å². The number of hydrogen-bond acceptors (Lipinski definition) is 3. The van der Waals surface area contributed by atoms with Crippen molar-refractivity contribution >= 4 is 0 Å². The van der Waals surface area contributed by atoms with Crippen LogP contribution in [0.2, 0.25) is 0 Å². The highest BCUT2D eigenvalue weighted by Crippen LogP contribution is 2.69. The number of ether oxygens (including phenoxy) is 1. The Hall–Kier alpha value is -0.380. The summed E-state index contributed by atoms with van der Waals surface area (Å²) in [7, 11) is 0. The van der Waals surface area contributed by atoms with Crippen LogP contribution in [-0.4, -0.2) is 35.1 Å². The van der Waals surface area contributed by atoms with E-state index in [9.17, 15) is 10.2 Å². The van der Waals surface area contributed by atoms with Crippen LogP contribution >= 0.6 is 0 Å². The van der Waals surface area contributed by atoms with Gasteiger partial charge in [-0.05, 0) is 104 Å². The van der Waals surface area contributed by atoms with E-state index in [4.69, 9.17) is 4.74 Å². The fourth-order valence-corrected chi connectivity index (χ4v) is 9.20. The van der Waals surface area contributed by atoms with Gasteiger partial charge in [-0.25, -0.2) is 0 Å². The predicted molar refractivity (Wildman–Crippen MR) is 131 cm³/mol. The van der Waals surface area contributed by atoms with Gasteiger partial charge in [0.2, 0.25) is 0 Å². The lowest BCUT2D eigenvalue weighted by molar-refractivity contribution is -0.0590. The van der Waals surface area contributed by atoms with Crippen molar-refractivity contribution in [3.05, 3.63) is 11.6 Å². The minimum Gasteiger partial charge on any atom is -0.396 e. The molecule has 3 heteroatoms. The Bertz CT molecular complexity index is 688. The largest absolute Gasteiger partial charge is 0.396 e. The Balaban J connectivity index is 0.00000119. The van der Waals surface area contributed by atoms with Crippen LogP contribution in [-0.2, 0) is 4.74 Å². The van der Waals surface area contributed by atoms with Crippen molar-refractivity contribution < 1.29 is 14.9 Å². The van der Waals surface area contributed by atoms with E-state index in [1.807, 2.05) is 13.8 Å². The van der Waals surface area contributed by atoms with Gasteiger partial charge >= 0.3 is 0 Å². The van der Waals surface area contributed by atoms with E-state index >= 15 is 0 Å². The Morgan fingerprint density at radius 1 is 1.16 bits per heavy atom. The minimum atomic E-state index is -0.111. The van der Waals surface area contributed by atoms with E-state index < -0.39 is 0 Å². The van der Waals surface area contributed by atoms with Gasteiger partial charge in [-0.2, -0.15) is 0 Å².